The van der Waals surface area contributed by atoms with Gasteiger partial charge >= 0.3 is 0 Å². The lowest BCUT2D eigenvalue weighted by Crippen LogP contribution is -1.95. The van der Waals surface area contributed by atoms with Crippen molar-refractivity contribution in [2.45, 2.75) is 6.92 Å². The SMILES string of the molecule is Cc1ncc(-c2cc3c(-c4nc5c(-c6ccoc6)cccc5[nH]4)n[nH]c3cn2)n1C. The number of hydrogen-bond donors (Lipinski definition) is 2. The summed E-state index contributed by atoms with van der Waals surface area (Å²) < 4.78 is 7.27. The molecule has 0 aliphatic heterocycles. The number of aryl methyl sites for hydroxylation is 1. The summed E-state index contributed by atoms with van der Waals surface area (Å²) in [6.07, 6.45) is 7.02. The normalized spacial score (nSPS) is 11.7. The zero-order valence-electron chi connectivity index (χ0n) is 16.3. The Bertz CT molecular complexity index is 1520. The van der Waals surface area contributed by atoms with E-state index >= 15 is 0 Å². The summed E-state index contributed by atoms with van der Waals surface area (Å²) in [5, 5.41) is 8.52. The Labute approximate surface area is 170 Å². The van der Waals surface area contributed by atoms with E-state index < -0.39 is 0 Å². The molecule has 0 saturated carbocycles. The number of furan rings is 1. The number of fused-ring (bicyclic) bond motifs is 2. The Morgan fingerprint density at radius 1 is 1.07 bits per heavy atom. The minimum Gasteiger partial charge on any atom is -0.472 e. The molecule has 8 heteroatoms. The van der Waals surface area contributed by atoms with Crippen LogP contribution in [0.4, 0.5) is 0 Å². The van der Waals surface area contributed by atoms with E-state index in [4.69, 9.17) is 9.40 Å². The molecule has 8 nitrogen and oxygen atoms in total. The van der Waals surface area contributed by atoms with Gasteiger partial charge in [-0.05, 0) is 25.1 Å². The predicted octanol–water partition coefficient (Wildman–Crippen LogP) is 4.47. The number of aromatic nitrogens is 7. The molecular formula is C22H17N7O. The molecule has 0 bridgehead atoms. The highest BCUT2D eigenvalue weighted by Crippen LogP contribution is 2.32. The number of rotatable bonds is 3. The molecule has 0 radical (unpaired) electrons. The molecule has 0 spiro atoms. The second-order valence-electron chi connectivity index (χ2n) is 7.24. The van der Waals surface area contributed by atoms with E-state index in [1.807, 2.05) is 55.1 Å². The molecule has 0 saturated heterocycles. The van der Waals surface area contributed by atoms with Gasteiger partial charge in [0.2, 0.25) is 0 Å². The highest BCUT2D eigenvalue weighted by molar-refractivity contribution is 5.97. The lowest BCUT2D eigenvalue weighted by molar-refractivity contribution is 0.568. The zero-order valence-corrected chi connectivity index (χ0v) is 16.3. The van der Waals surface area contributed by atoms with Gasteiger partial charge in [-0.3, -0.25) is 10.1 Å². The monoisotopic (exact) mass is 395 g/mol. The fourth-order valence-corrected chi connectivity index (χ4v) is 3.77. The van der Waals surface area contributed by atoms with E-state index in [2.05, 4.69) is 25.1 Å². The second kappa shape index (κ2) is 6.15. The summed E-state index contributed by atoms with van der Waals surface area (Å²) >= 11 is 0. The first-order valence-corrected chi connectivity index (χ1v) is 9.53. The van der Waals surface area contributed by atoms with Gasteiger partial charge in [-0.1, -0.05) is 12.1 Å². The van der Waals surface area contributed by atoms with Crippen molar-refractivity contribution < 1.29 is 4.42 Å². The Morgan fingerprint density at radius 3 is 2.80 bits per heavy atom. The molecule has 0 fully saturated rings. The van der Waals surface area contributed by atoms with Gasteiger partial charge in [0.05, 0.1) is 52.9 Å². The van der Waals surface area contributed by atoms with Gasteiger partial charge in [0.15, 0.2) is 5.82 Å². The predicted molar refractivity (Wildman–Crippen MR) is 114 cm³/mol. The first-order valence-electron chi connectivity index (χ1n) is 9.53. The molecule has 0 unspecified atom stereocenters. The number of nitrogens with one attached hydrogen (secondary N) is 2. The number of benzene rings is 1. The summed E-state index contributed by atoms with van der Waals surface area (Å²) in [6, 6.07) is 10.0. The quantitative estimate of drug-likeness (QED) is 0.460. The van der Waals surface area contributed by atoms with Gasteiger partial charge in [0.25, 0.3) is 0 Å². The van der Waals surface area contributed by atoms with Crippen molar-refractivity contribution in [1.82, 2.24) is 34.7 Å². The first-order chi connectivity index (χ1) is 14.7. The van der Waals surface area contributed by atoms with Crippen molar-refractivity contribution in [2.24, 2.45) is 7.05 Å². The Balaban J connectivity index is 1.53. The molecule has 30 heavy (non-hydrogen) atoms. The first kappa shape index (κ1) is 16.7. The van der Waals surface area contributed by atoms with Crippen LogP contribution < -0.4 is 0 Å². The van der Waals surface area contributed by atoms with Crippen LogP contribution in [0.1, 0.15) is 5.82 Å². The molecule has 6 rings (SSSR count). The standard InChI is InChI=1S/C22H17N7O/c1-12-23-10-19(29(12)2)17-8-15-18(9-24-17)27-28-21(15)22-25-16-5-3-4-14(20(16)26-22)13-6-7-30-11-13/h3-11H,1-2H3,(H,25,26)(H,27,28). The van der Waals surface area contributed by atoms with Gasteiger partial charge < -0.3 is 14.0 Å². The summed E-state index contributed by atoms with van der Waals surface area (Å²) in [5.41, 5.74) is 7.21. The van der Waals surface area contributed by atoms with E-state index in [0.29, 0.717) is 5.82 Å². The van der Waals surface area contributed by atoms with Gasteiger partial charge in [-0.25, -0.2) is 9.97 Å². The van der Waals surface area contributed by atoms with Crippen molar-refractivity contribution in [2.75, 3.05) is 0 Å². The third-order valence-electron chi connectivity index (χ3n) is 5.50. The maximum Gasteiger partial charge on any atom is 0.159 e. The van der Waals surface area contributed by atoms with Crippen LogP contribution in [-0.2, 0) is 7.05 Å². The third-order valence-corrected chi connectivity index (χ3v) is 5.50. The number of hydrogen-bond acceptors (Lipinski definition) is 5. The van der Waals surface area contributed by atoms with Crippen molar-refractivity contribution in [3.63, 3.8) is 0 Å². The van der Waals surface area contributed by atoms with E-state index in [-0.39, 0.29) is 0 Å². The van der Waals surface area contributed by atoms with E-state index in [1.54, 1.807) is 18.7 Å². The Hall–Kier alpha value is -4.20. The van der Waals surface area contributed by atoms with Crippen molar-refractivity contribution >= 4 is 21.9 Å². The molecular weight excluding hydrogens is 378 g/mol. The Kier molecular flexibility index (Phi) is 3.43. The molecule has 0 aliphatic carbocycles. The smallest absolute Gasteiger partial charge is 0.159 e. The summed E-state index contributed by atoms with van der Waals surface area (Å²) in [4.78, 5) is 17.2. The minimum absolute atomic E-state index is 0.700. The lowest BCUT2D eigenvalue weighted by atomic mass is 10.1. The number of pyridine rings is 1. The van der Waals surface area contributed by atoms with Gasteiger partial charge in [0, 0.05) is 23.6 Å². The van der Waals surface area contributed by atoms with E-state index in [0.717, 1.165) is 56.0 Å². The largest absolute Gasteiger partial charge is 0.472 e. The second-order valence-corrected chi connectivity index (χ2v) is 7.24. The fraction of sp³-hybridized carbons (Fsp3) is 0.0909. The van der Waals surface area contributed by atoms with Crippen LogP contribution in [0.3, 0.4) is 0 Å². The van der Waals surface area contributed by atoms with Crippen LogP contribution in [0.2, 0.25) is 0 Å². The third kappa shape index (κ3) is 2.40. The number of nitrogens with zero attached hydrogens (tertiary/aromatic N) is 5. The highest BCUT2D eigenvalue weighted by atomic mass is 16.3. The average molecular weight is 395 g/mol. The van der Waals surface area contributed by atoms with Crippen molar-refractivity contribution in [3.05, 3.63) is 61.1 Å². The summed E-state index contributed by atoms with van der Waals surface area (Å²) in [6.45, 7) is 1.97. The van der Waals surface area contributed by atoms with Crippen LogP contribution in [-0.4, -0.2) is 34.7 Å². The maximum absolute atomic E-state index is 5.25. The van der Waals surface area contributed by atoms with Crippen LogP contribution in [0.5, 0.6) is 0 Å². The van der Waals surface area contributed by atoms with Crippen LogP contribution in [0, 0.1) is 6.92 Å². The summed E-state index contributed by atoms with van der Waals surface area (Å²) in [5.74, 6) is 1.63. The van der Waals surface area contributed by atoms with E-state index in [9.17, 15) is 0 Å². The van der Waals surface area contributed by atoms with Crippen LogP contribution >= 0.6 is 0 Å². The average Bonchev–Trinajstić information content (AvgIpc) is 3.54. The van der Waals surface area contributed by atoms with Crippen molar-refractivity contribution in [3.8, 4) is 34.0 Å². The molecule has 1 aromatic carbocycles. The van der Waals surface area contributed by atoms with Gasteiger partial charge in [-0.2, -0.15) is 5.10 Å². The van der Waals surface area contributed by atoms with Crippen LogP contribution in [0.25, 0.3) is 56.0 Å². The highest BCUT2D eigenvalue weighted by Gasteiger charge is 2.17. The molecule has 5 aromatic heterocycles. The molecule has 146 valence electrons. The number of H-pyrrole nitrogens is 2. The molecule has 5 heterocycles. The van der Waals surface area contributed by atoms with E-state index in [1.165, 1.54) is 0 Å². The van der Waals surface area contributed by atoms with Gasteiger partial charge in [0.1, 0.15) is 11.5 Å². The Morgan fingerprint density at radius 2 is 2.00 bits per heavy atom. The topological polar surface area (TPSA) is 101 Å². The molecule has 0 aliphatic rings. The fourth-order valence-electron chi connectivity index (χ4n) is 3.77. The van der Waals surface area contributed by atoms with Crippen molar-refractivity contribution in [1.29, 1.82) is 0 Å². The number of aromatic amines is 2. The number of imidazole rings is 2. The van der Waals surface area contributed by atoms with Gasteiger partial charge in [-0.15, -0.1) is 0 Å². The maximum atomic E-state index is 5.25. The number of para-hydroxylation sites is 1. The molecule has 6 aromatic rings. The lowest BCUT2D eigenvalue weighted by Gasteiger charge is -2.03. The summed E-state index contributed by atoms with van der Waals surface area (Å²) in [7, 11) is 1.98. The molecule has 2 N–H and O–H groups in total. The zero-order chi connectivity index (χ0) is 20.2. The minimum atomic E-state index is 0.700. The molecule has 0 atom stereocenters. The van der Waals surface area contributed by atoms with Crippen LogP contribution in [0.15, 0.2) is 59.7 Å². The molecule has 0 amide bonds.